The van der Waals surface area contributed by atoms with Crippen LogP contribution in [0.1, 0.15) is 12.8 Å². The number of hydrogen-bond donors (Lipinski definition) is 3. The Kier molecular flexibility index (Phi) is 3.98. The van der Waals surface area contributed by atoms with E-state index in [9.17, 15) is 4.79 Å². The van der Waals surface area contributed by atoms with E-state index in [2.05, 4.69) is 5.32 Å². The maximum absolute atomic E-state index is 10.8. The Morgan fingerprint density at radius 3 is 3.00 bits per heavy atom. The Bertz CT molecular complexity index is 175. The number of aliphatic hydroxyl groups excluding tert-OH is 1. The smallest absolute Gasteiger partial charge is 0.314 e. The lowest BCUT2D eigenvalue weighted by molar-refractivity contribution is 0.217. The van der Waals surface area contributed by atoms with Crippen LogP contribution in [0.4, 0.5) is 4.79 Å². The highest BCUT2D eigenvalue weighted by Crippen LogP contribution is 2.07. The van der Waals surface area contributed by atoms with Crippen LogP contribution in [0.25, 0.3) is 0 Å². The standard InChI is InChI=1S/C8H17N3O2/c9-8(13)11-4-2-7(6-11)10-3-1-5-12/h7,10,12H,1-6H2,(H2,9,13). The number of hydrogen-bond acceptors (Lipinski definition) is 3. The van der Waals surface area contributed by atoms with E-state index in [0.717, 1.165) is 25.9 Å². The highest BCUT2D eigenvalue weighted by Gasteiger charge is 2.23. The predicted octanol–water partition coefficient (Wildman–Crippen LogP) is -0.889. The van der Waals surface area contributed by atoms with E-state index in [0.29, 0.717) is 12.6 Å². The molecule has 2 amide bonds. The number of primary amides is 1. The minimum absolute atomic E-state index is 0.208. The number of rotatable bonds is 4. The van der Waals surface area contributed by atoms with Crippen LogP contribution in [0, 0.1) is 0 Å². The van der Waals surface area contributed by atoms with Gasteiger partial charge in [-0.1, -0.05) is 0 Å². The third-order valence-electron chi connectivity index (χ3n) is 2.27. The molecule has 1 fully saturated rings. The van der Waals surface area contributed by atoms with E-state index in [1.165, 1.54) is 0 Å². The normalized spacial score (nSPS) is 22.2. The molecule has 4 N–H and O–H groups in total. The predicted molar refractivity (Wildman–Crippen MR) is 49.3 cm³/mol. The van der Waals surface area contributed by atoms with Gasteiger partial charge in [0.1, 0.15) is 0 Å². The maximum atomic E-state index is 10.8. The monoisotopic (exact) mass is 187 g/mol. The van der Waals surface area contributed by atoms with Crippen molar-refractivity contribution in [2.24, 2.45) is 5.73 Å². The van der Waals surface area contributed by atoms with Gasteiger partial charge in [-0.3, -0.25) is 0 Å². The molecule has 0 aromatic carbocycles. The molecule has 1 aliphatic heterocycles. The lowest BCUT2D eigenvalue weighted by Gasteiger charge is -2.14. The molecule has 76 valence electrons. The van der Waals surface area contributed by atoms with E-state index in [1.807, 2.05) is 0 Å². The minimum atomic E-state index is -0.341. The van der Waals surface area contributed by atoms with Gasteiger partial charge in [-0.2, -0.15) is 0 Å². The molecule has 1 atom stereocenters. The van der Waals surface area contributed by atoms with Gasteiger partial charge in [0, 0.05) is 25.7 Å². The molecule has 0 aliphatic carbocycles. The minimum Gasteiger partial charge on any atom is -0.396 e. The number of likely N-dealkylation sites (tertiary alicyclic amines) is 1. The SMILES string of the molecule is NC(=O)N1CCC(NCCCO)C1. The van der Waals surface area contributed by atoms with Crippen LogP contribution < -0.4 is 11.1 Å². The fourth-order valence-corrected chi connectivity index (χ4v) is 1.51. The average molecular weight is 187 g/mol. The van der Waals surface area contributed by atoms with Gasteiger partial charge in [0.05, 0.1) is 0 Å². The molecule has 13 heavy (non-hydrogen) atoms. The van der Waals surface area contributed by atoms with E-state index >= 15 is 0 Å². The summed E-state index contributed by atoms with van der Waals surface area (Å²) < 4.78 is 0. The van der Waals surface area contributed by atoms with Gasteiger partial charge in [0.2, 0.25) is 0 Å². The van der Waals surface area contributed by atoms with Gasteiger partial charge in [-0.05, 0) is 19.4 Å². The number of nitrogens with one attached hydrogen (secondary N) is 1. The third kappa shape index (κ3) is 3.20. The fourth-order valence-electron chi connectivity index (χ4n) is 1.51. The van der Waals surface area contributed by atoms with Crippen molar-refractivity contribution in [3.63, 3.8) is 0 Å². The molecule has 0 bridgehead atoms. The maximum Gasteiger partial charge on any atom is 0.314 e. The van der Waals surface area contributed by atoms with Gasteiger partial charge < -0.3 is 21.1 Å². The van der Waals surface area contributed by atoms with Crippen molar-refractivity contribution in [2.75, 3.05) is 26.2 Å². The summed E-state index contributed by atoms with van der Waals surface area (Å²) in [5.41, 5.74) is 5.13. The molecule has 0 aromatic rings. The molecular formula is C8H17N3O2. The molecule has 5 nitrogen and oxygen atoms in total. The molecule has 1 rings (SSSR count). The fraction of sp³-hybridized carbons (Fsp3) is 0.875. The third-order valence-corrected chi connectivity index (χ3v) is 2.27. The molecule has 1 aliphatic rings. The molecule has 1 saturated heterocycles. The topological polar surface area (TPSA) is 78.6 Å². The van der Waals surface area contributed by atoms with Crippen molar-refractivity contribution in [1.29, 1.82) is 0 Å². The van der Waals surface area contributed by atoms with Crippen molar-refractivity contribution in [2.45, 2.75) is 18.9 Å². The average Bonchev–Trinajstić information content (AvgIpc) is 2.53. The summed E-state index contributed by atoms with van der Waals surface area (Å²) in [7, 11) is 0. The Hall–Kier alpha value is -0.810. The largest absolute Gasteiger partial charge is 0.396 e. The molecular weight excluding hydrogens is 170 g/mol. The second-order valence-electron chi connectivity index (χ2n) is 3.30. The quantitative estimate of drug-likeness (QED) is 0.500. The van der Waals surface area contributed by atoms with Crippen LogP contribution in [-0.4, -0.2) is 48.3 Å². The van der Waals surface area contributed by atoms with Crippen molar-refractivity contribution in [1.82, 2.24) is 10.2 Å². The number of carbonyl (C=O) groups is 1. The van der Waals surface area contributed by atoms with Crippen LogP contribution in [0.2, 0.25) is 0 Å². The van der Waals surface area contributed by atoms with E-state index in [4.69, 9.17) is 10.8 Å². The van der Waals surface area contributed by atoms with Crippen LogP contribution in [0.15, 0.2) is 0 Å². The first-order chi connectivity index (χ1) is 6.24. The summed E-state index contributed by atoms with van der Waals surface area (Å²) in [5.74, 6) is 0. The van der Waals surface area contributed by atoms with Crippen molar-refractivity contribution in [3.8, 4) is 0 Å². The van der Waals surface area contributed by atoms with Crippen molar-refractivity contribution >= 4 is 6.03 Å². The highest BCUT2D eigenvalue weighted by atomic mass is 16.3. The zero-order valence-electron chi connectivity index (χ0n) is 7.70. The van der Waals surface area contributed by atoms with Gasteiger partial charge in [-0.25, -0.2) is 4.79 Å². The lowest BCUT2D eigenvalue weighted by Crippen LogP contribution is -2.38. The molecule has 0 aromatic heterocycles. The lowest BCUT2D eigenvalue weighted by atomic mass is 10.2. The Labute approximate surface area is 77.9 Å². The summed E-state index contributed by atoms with van der Waals surface area (Å²) >= 11 is 0. The highest BCUT2D eigenvalue weighted by molar-refractivity contribution is 5.72. The molecule has 1 heterocycles. The second-order valence-corrected chi connectivity index (χ2v) is 3.30. The first kappa shape index (κ1) is 10.3. The summed E-state index contributed by atoms with van der Waals surface area (Å²) in [4.78, 5) is 12.4. The van der Waals surface area contributed by atoms with Crippen molar-refractivity contribution < 1.29 is 9.90 Å². The van der Waals surface area contributed by atoms with E-state index < -0.39 is 0 Å². The first-order valence-corrected chi connectivity index (χ1v) is 4.62. The first-order valence-electron chi connectivity index (χ1n) is 4.62. The molecule has 0 radical (unpaired) electrons. The number of carbonyl (C=O) groups excluding carboxylic acids is 1. The van der Waals surface area contributed by atoms with Gasteiger partial charge in [0.15, 0.2) is 0 Å². The number of nitrogens with two attached hydrogens (primary N) is 1. The van der Waals surface area contributed by atoms with Crippen LogP contribution in [0.3, 0.4) is 0 Å². The second kappa shape index (κ2) is 5.04. The van der Waals surface area contributed by atoms with Crippen LogP contribution in [-0.2, 0) is 0 Å². The number of nitrogens with zero attached hydrogens (tertiary/aromatic N) is 1. The van der Waals surface area contributed by atoms with Crippen LogP contribution >= 0.6 is 0 Å². The summed E-state index contributed by atoms with van der Waals surface area (Å²) in [6.45, 7) is 2.44. The Morgan fingerprint density at radius 1 is 1.69 bits per heavy atom. The van der Waals surface area contributed by atoms with Crippen LogP contribution in [0.5, 0.6) is 0 Å². The number of aliphatic hydroxyl groups is 1. The summed E-state index contributed by atoms with van der Waals surface area (Å²) in [6, 6.07) is 0.00510. The van der Waals surface area contributed by atoms with Crippen molar-refractivity contribution in [3.05, 3.63) is 0 Å². The number of amides is 2. The van der Waals surface area contributed by atoms with Gasteiger partial charge >= 0.3 is 6.03 Å². The molecule has 0 spiro atoms. The van der Waals surface area contributed by atoms with E-state index in [-0.39, 0.29) is 12.6 Å². The molecule has 5 heteroatoms. The molecule has 1 unspecified atom stereocenters. The zero-order chi connectivity index (χ0) is 9.68. The van der Waals surface area contributed by atoms with Gasteiger partial charge in [-0.15, -0.1) is 0 Å². The van der Waals surface area contributed by atoms with Gasteiger partial charge in [0.25, 0.3) is 0 Å². The number of urea groups is 1. The zero-order valence-corrected chi connectivity index (χ0v) is 7.70. The summed E-state index contributed by atoms with van der Waals surface area (Å²) in [6.07, 6.45) is 1.71. The Balaban J connectivity index is 2.14. The Morgan fingerprint density at radius 2 is 2.46 bits per heavy atom. The van der Waals surface area contributed by atoms with E-state index in [1.54, 1.807) is 4.90 Å². The summed E-state index contributed by atoms with van der Waals surface area (Å²) in [5, 5.41) is 11.8. The molecule has 0 saturated carbocycles.